The van der Waals surface area contributed by atoms with E-state index < -0.39 is 18.5 Å². The fourth-order valence-corrected chi connectivity index (χ4v) is 0.808. The van der Waals surface area contributed by atoms with Crippen LogP contribution in [0.15, 0.2) is 24.3 Å². The van der Waals surface area contributed by atoms with Crippen molar-refractivity contribution in [2.45, 2.75) is 0 Å². The normalized spacial score (nSPS) is 9.43. The maximum Gasteiger partial charge on any atom is 0.341 e. The molecule has 0 unspecified atom stereocenters. The molecule has 1 aromatic rings. The fourth-order valence-electron chi connectivity index (χ4n) is 0.808. The Kier molecular flexibility index (Phi) is 3.06. The van der Waals surface area contributed by atoms with Crippen LogP contribution in [0.25, 0.3) is 0 Å². The van der Waals surface area contributed by atoms with Gasteiger partial charge in [0.05, 0.1) is 5.56 Å². The van der Waals surface area contributed by atoms with Gasteiger partial charge in [0.15, 0.2) is 6.61 Å². The highest BCUT2D eigenvalue weighted by molar-refractivity contribution is 5.90. The maximum absolute atomic E-state index is 11.1. The lowest BCUT2D eigenvalue weighted by Crippen LogP contribution is -2.12. The number of rotatable bonds is 3. The van der Waals surface area contributed by atoms with Gasteiger partial charge in [-0.25, -0.2) is 9.59 Å². The van der Waals surface area contributed by atoms with Crippen LogP contribution in [0.2, 0.25) is 0 Å². The van der Waals surface area contributed by atoms with Crippen molar-refractivity contribution in [1.29, 1.82) is 0 Å². The molecule has 0 spiro atoms. The second-order valence-electron chi connectivity index (χ2n) is 2.52. The third-order valence-corrected chi connectivity index (χ3v) is 1.43. The standard InChI is InChI=1S/C9H8O5/c10-7-3-1-6(2-4-7)9(13)14-5-8(11)12/h1-4,10H,5H2,(H,11,12). The van der Waals surface area contributed by atoms with E-state index in [-0.39, 0.29) is 11.3 Å². The molecule has 0 radical (unpaired) electrons. The molecule has 0 fully saturated rings. The van der Waals surface area contributed by atoms with Gasteiger partial charge in [-0.05, 0) is 24.3 Å². The molecule has 0 aliphatic heterocycles. The first-order valence-electron chi connectivity index (χ1n) is 3.77. The Morgan fingerprint density at radius 1 is 1.21 bits per heavy atom. The number of hydrogen-bond donors (Lipinski definition) is 2. The third-order valence-electron chi connectivity index (χ3n) is 1.43. The van der Waals surface area contributed by atoms with Crippen molar-refractivity contribution < 1.29 is 24.5 Å². The summed E-state index contributed by atoms with van der Waals surface area (Å²) in [7, 11) is 0. The van der Waals surface area contributed by atoms with Crippen LogP contribution < -0.4 is 0 Å². The second-order valence-corrected chi connectivity index (χ2v) is 2.52. The van der Waals surface area contributed by atoms with Gasteiger partial charge in [-0.2, -0.15) is 0 Å². The predicted molar refractivity (Wildman–Crippen MR) is 46.0 cm³/mol. The number of hydrogen-bond acceptors (Lipinski definition) is 4. The number of aromatic hydroxyl groups is 1. The molecule has 0 atom stereocenters. The molecule has 1 rings (SSSR count). The zero-order valence-corrected chi connectivity index (χ0v) is 7.14. The molecule has 5 heteroatoms. The quantitative estimate of drug-likeness (QED) is 0.693. The van der Waals surface area contributed by atoms with Crippen molar-refractivity contribution in [3.8, 4) is 5.75 Å². The third kappa shape index (κ3) is 2.78. The average molecular weight is 196 g/mol. The minimum absolute atomic E-state index is 0.0276. The Morgan fingerprint density at radius 3 is 2.29 bits per heavy atom. The SMILES string of the molecule is O=C(O)COC(=O)c1ccc(O)cc1. The largest absolute Gasteiger partial charge is 0.508 e. The van der Waals surface area contributed by atoms with Crippen LogP contribution in [0, 0.1) is 0 Å². The van der Waals surface area contributed by atoms with Gasteiger partial charge in [0, 0.05) is 0 Å². The first-order valence-corrected chi connectivity index (χ1v) is 3.77. The number of carboxylic acid groups (broad SMARTS) is 1. The van der Waals surface area contributed by atoms with Crippen LogP contribution >= 0.6 is 0 Å². The van der Waals surface area contributed by atoms with Crippen molar-refractivity contribution in [3.05, 3.63) is 29.8 Å². The van der Waals surface area contributed by atoms with E-state index >= 15 is 0 Å². The van der Waals surface area contributed by atoms with E-state index in [9.17, 15) is 9.59 Å². The molecule has 0 aliphatic rings. The van der Waals surface area contributed by atoms with E-state index in [1.54, 1.807) is 0 Å². The second kappa shape index (κ2) is 4.27. The molecule has 0 saturated carbocycles. The number of carboxylic acids is 1. The summed E-state index contributed by atoms with van der Waals surface area (Å²) < 4.78 is 4.41. The van der Waals surface area contributed by atoms with Gasteiger partial charge < -0.3 is 14.9 Å². The molecule has 0 heterocycles. The highest BCUT2D eigenvalue weighted by Crippen LogP contribution is 2.10. The van der Waals surface area contributed by atoms with Crippen LogP contribution in [0.5, 0.6) is 5.75 Å². The van der Waals surface area contributed by atoms with Gasteiger partial charge in [-0.15, -0.1) is 0 Å². The van der Waals surface area contributed by atoms with Gasteiger partial charge >= 0.3 is 11.9 Å². The topological polar surface area (TPSA) is 83.8 Å². The van der Waals surface area contributed by atoms with Crippen LogP contribution in [0.1, 0.15) is 10.4 Å². The highest BCUT2D eigenvalue weighted by atomic mass is 16.5. The number of carbonyl (C=O) groups excluding carboxylic acids is 1. The van der Waals surface area contributed by atoms with E-state index in [2.05, 4.69) is 4.74 Å². The number of esters is 1. The summed E-state index contributed by atoms with van der Waals surface area (Å²) in [6.45, 7) is -0.667. The Labute approximate surface area is 79.6 Å². The number of aliphatic carboxylic acids is 1. The molecular weight excluding hydrogens is 188 g/mol. The molecule has 5 nitrogen and oxygen atoms in total. The summed E-state index contributed by atoms with van der Waals surface area (Å²) in [6.07, 6.45) is 0. The van der Waals surface area contributed by atoms with Crippen LogP contribution in [0.4, 0.5) is 0 Å². The molecule has 0 saturated heterocycles. The lowest BCUT2D eigenvalue weighted by Gasteiger charge is -2.01. The average Bonchev–Trinajstić information content (AvgIpc) is 2.15. The Morgan fingerprint density at radius 2 is 1.79 bits per heavy atom. The Bertz CT molecular complexity index is 341. The molecule has 0 aromatic heterocycles. The number of phenols is 1. The minimum Gasteiger partial charge on any atom is -0.508 e. The zero-order chi connectivity index (χ0) is 10.6. The fraction of sp³-hybridized carbons (Fsp3) is 0.111. The number of ether oxygens (including phenoxy) is 1. The summed E-state index contributed by atoms with van der Waals surface area (Å²) in [6, 6.07) is 5.33. The first-order chi connectivity index (χ1) is 6.59. The van der Waals surface area contributed by atoms with E-state index in [1.165, 1.54) is 24.3 Å². The molecule has 0 aliphatic carbocycles. The Balaban J connectivity index is 2.61. The van der Waals surface area contributed by atoms with Gasteiger partial charge in [-0.3, -0.25) is 0 Å². The van der Waals surface area contributed by atoms with E-state index in [1.807, 2.05) is 0 Å². The lowest BCUT2D eigenvalue weighted by molar-refractivity contribution is -0.140. The highest BCUT2D eigenvalue weighted by Gasteiger charge is 2.08. The van der Waals surface area contributed by atoms with E-state index in [0.717, 1.165) is 0 Å². The lowest BCUT2D eigenvalue weighted by atomic mass is 10.2. The molecule has 14 heavy (non-hydrogen) atoms. The van der Waals surface area contributed by atoms with Crippen molar-refractivity contribution in [2.24, 2.45) is 0 Å². The van der Waals surface area contributed by atoms with E-state index in [4.69, 9.17) is 10.2 Å². The number of phenolic OH excluding ortho intramolecular Hbond substituents is 1. The van der Waals surface area contributed by atoms with Crippen molar-refractivity contribution in [3.63, 3.8) is 0 Å². The van der Waals surface area contributed by atoms with Crippen LogP contribution in [0.3, 0.4) is 0 Å². The van der Waals surface area contributed by atoms with E-state index in [0.29, 0.717) is 0 Å². The van der Waals surface area contributed by atoms with Crippen LogP contribution in [-0.2, 0) is 9.53 Å². The monoisotopic (exact) mass is 196 g/mol. The summed E-state index contributed by atoms with van der Waals surface area (Å²) in [4.78, 5) is 21.2. The summed E-state index contributed by atoms with van der Waals surface area (Å²) in [5.41, 5.74) is 0.198. The smallest absolute Gasteiger partial charge is 0.341 e. The van der Waals surface area contributed by atoms with Crippen LogP contribution in [-0.4, -0.2) is 28.8 Å². The van der Waals surface area contributed by atoms with Gasteiger partial charge in [0.25, 0.3) is 0 Å². The number of carbonyl (C=O) groups is 2. The minimum atomic E-state index is -1.21. The van der Waals surface area contributed by atoms with Gasteiger partial charge in [0.1, 0.15) is 5.75 Å². The van der Waals surface area contributed by atoms with Gasteiger partial charge in [-0.1, -0.05) is 0 Å². The molecule has 1 aromatic carbocycles. The summed E-state index contributed by atoms with van der Waals surface area (Å²) in [5.74, 6) is -1.91. The van der Waals surface area contributed by atoms with Crippen molar-refractivity contribution >= 4 is 11.9 Å². The molecule has 74 valence electrons. The van der Waals surface area contributed by atoms with Crippen molar-refractivity contribution in [2.75, 3.05) is 6.61 Å². The molecule has 0 amide bonds. The summed E-state index contributed by atoms with van der Waals surface area (Å²) in [5, 5.41) is 17.1. The van der Waals surface area contributed by atoms with Gasteiger partial charge in [0.2, 0.25) is 0 Å². The molecular formula is C9H8O5. The Hall–Kier alpha value is -2.04. The first kappa shape index (κ1) is 10.0. The molecule has 2 N–H and O–H groups in total. The number of benzene rings is 1. The summed E-state index contributed by atoms with van der Waals surface area (Å²) >= 11 is 0. The zero-order valence-electron chi connectivity index (χ0n) is 7.14. The van der Waals surface area contributed by atoms with Crippen molar-refractivity contribution in [1.82, 2.24) is 0 Å². The molecule has 0 bridgehead atoms. The predicted octanol–water partition coefficient (Wildman–Crippen LogP) is 0.634. The maximum atomic E-state index is 11.1.